The highest BCUT2D eigenvalue weighted by Gasteiger charge is 2.58. The molecule has 8 bridgehead atoms. The molecule has 0 amide bonds. The maximum absolute atomic E-state index is 13.4. The number of esters is 1. The number of ketones is 1. The van der Waals surface area contributed by atoms with Crippen molar-refractivity contribution in [3.05, 3.63) is 24.3 Å². The van der Waals surface area contributed by atoms with Crippen LogP contribution in [0.4, 0.5) is 0 Å². The second-order valence-corrected chi connectivity index (χ2v) is 14.0. The maximum atomic E-state index is 13.4. The van der Waals surface area contributed by atoms with Gasteiger partial charge in [0.1, 0.15) is 23.7 Å². The minimum atomic E-state index is -0.340. The Bertz CT molecular complexity index is 1020. The van der Waals surface area contributed by atoms with Gasteiger partial charge in [0, 0.05) is 11.5 Å². The summed E-state index contributed by atoms with van der Waals surface area (Å²) in [6.07, 6.45) is 12.5. The molecule has 1 aromatic rings. The van der Waals surface area contributed by atoms with Gasteiger partial charge in [-0.1, -0.05) is 13.0 Å². The topological polar surface area (TPSA) is 61.8 Å². The highest BCUT2D eigenvalue weighted by Crippen LogP contribution is 2.62. The van der Waals surface area contributed by atoms with Crippen LogP contribution < -0.4 is 9.47 Å². The molecule has 200 valence electrons. The highest BCUT2D eigenvalue weighted by atomic mass is 16.6. The highest BCUT2D eigenvalue weighted by molar-refractivity contribution is 5.87. The van der Waals surface area contributed by atoms with Gasteiger partial charge in [-0.2, -0.15) is 0 Å². The van der Waals surface area contributed by atoms with Gasteiger partial charge in [0.2, 0.25) is 0 Å². The summed E-state index contributed by atoms with van der Waals surface area (Å²) >= 11 is 0. The average Bonchev–Trinajstić information content (AvgIpc) is 2.87. The summed E-state index contributed by atoms with van der Waals surface area (Å²) in [6, 6.07) is 7.31. The third-order valence-electron chi connectivity index (χ3n) is 12.1. The van der Waals surface area contributed by atoms with Gasteiger partial charge in [0.05, 0.1) is 0 Å². The first-order valence-electron chi connectivity index (χ1n) is 14.9. The van der Waals surface area contributed by atoms with Crippen LogP contribution >= 0.6 is 0 Å². The van der Waals surface area contributed by atoms with E-state index in [1.807, 2.05) is 18.2 Å². The molecule has 0 N–H and O–H groups in total. The molecule has 5 nitrogen and oxygen atoms in total. The van der Waals surface area contributed by atoms with Gasteiger partial charge in [0.15, 0.2) is 12.4 Å². The Morgan fingerprint density at radius 1 is 0.703 bits per heavy atom. The summed E-state index contributed by atoms with van der Waals surface area (Å²) < 4.78 is 18.0. The Labute approximate surface area is 221 Å². The summed E-state index contributed by atoms with van der Waals surface area (Å²) in [4.78, 5) is 26.3. The van der Waals surface area contributed by atoms with E-state index in [2.05, 4.69) is 13.8 Å². The molecule has 37 heavy (non-hydrogen) atoms. The van der Waals surface area contributed by atoms with Gasteiger partial charge < -0.3 is 14.2 Å². The van der Waals surface area contributed by atoms with Crippen molar-refractivity contribution in [1.29, 1.82) is 0 Å². The number of carbonyl (C=O) groups excluding carboxylic acids is 2. The molecular formula is C32H42O5. The molecule has 0 spiro atoms. The molecule has 0 heterocycles. The first-order chi connectivity index (χ1) is 17.8. The van der Waals surface area contributed by atoms with Crippen LogP contribution in [0.2, 0.25) is 0 Å². The smallest absolute Gasteiger partial charge is 0.344 e. The van der Waals surface area contributed by atoms with Crippen molar-refractivity contribution in [1.82, 2.24) is 0 Å². The molecule has 0 aromatic heterocycles. The zero-order valence-electron chi connectivity index (χ0n) is 22.5. The molecule has 9 rings (SSSR count). The monoisotopic (exact) mass is 506 g/mol. The molecule has 0 saturated heterocycles. The molecule has 0 radical (unpaired) electrons. The van der Waals surface area contributed by atoms with Gasteiger partial charge in [-0.05, 0) is 131 Å². The van der Waals surface area contributed by atoms with Crippen molar-refractivity contribution in [2.45, 2.75) is 83.7 Å². The molecule has 8 saturated carbocycles. The zero-order chi connectivity index (χ0) is 25.4. The van der Waals surface area contributed by atoms with Crippen LogP contribution in [0.1, 0.15) is 78.1 Å². The predicted octanol–water partition coefficient (Wildman–Crippen LogP) is 6.23. The van der Waals surface area contributed by atoms with E-state index in [4.69, 9.17) is 14.2 Å². The van der Waals surface area contributed by atoms with Crippen LogP contribution in [0.15, 0.2) is 24.3 Å². The van der Waals surface area contributed by atoms with E-state index in [0.717, 1.165) is 23.7 Å². The van der Waals surface area contributed by atoms with Crippen molar-refractivity contribution < 1.29 is 23.8 Å². The lowest BCUT2D eigenvalue weighted by molar-refractivity contribution is -0.204. The van der Waals surface area contributed by atoms with Gasteiger partial charge in [-0.15, -0.1) is 0 Å². The molecule has 8 fully saturated rings. The predicted molar refractivity (Wildman–Crippen MR) is 139 cm³/mol. The lowest BCUT2D eigenvalue weighted by Gasteiger charge is -2.59. The average molecular weight is 507 g/mol. The van der Waals surface area contributed by atoms with Crippen molar-refractivity contribution in [3.8, 4) is 11.5 Å². The van der Waals surface area contributed by atoms with Gasteiger partial charge in [-0.25, -0.2) is 4.79 Å². The van der Waals surface area contributed by atoms with Crippen molar-refractivity contribution in [2.24, 2.45) is 52.8 Å². The normalized spacial score (nSPS) is 44.6. The van der Waals surface area contributed by atoms with Crippen LogP contribution in [0.3, 0.4) is 0 Å². The fraction of sp³-hybridized carbons (Fsp3) is 0.750. The lowest BCUT2D eigenvalue weighted by atomic mass is 9.45. The third kappa shape index (κ3) is 4.01. The second kappa shape index (κ2) is 8.74. The number of ether oxygens (including phenoxy) is 3. The molecule has 0 aliphatic heterocycles. The van der Waals surface area contributed by atoms with Crippen LogP contribution in [-0.4, -0.2) is 30.6 Å². The summed E-state index contributed by atoms with van der Waals surface area (Å²) in [7, 11) is 0. The van der Waals surface area contributed by atoms with Crippen LogP contribution in [0.25, 0.3) is 0 Å². The molecule has 1 aromatic carbocycles. The molecule has 8 aliphatic carbocycles. The SMILES string of the molecule is CC1(OC(=O)COc2cccc(OCC(=O)C3(C)C4CC5CC(C4)CC3C5)c2)C2CC3CC(C2)CC1C3. The van der Waals surface area contributed by atoms with Crippen molar-refractivity contribution >= 4 is 11.8 Å². The van der Waals surface area contributed by atoms with Crippen LogP contribution in [0, 0.1) is 52.8 Å². The Morgan fingerprint density at radius 2 is 1.16 bits per heavy atom. The number of carbonyl (C=O) groups is 2. The van der Waals surface area contributed by atoms with E-state index in [-0.39, 0.29) is 36.0 Å². The van der Waals surface area contributed by atoms with E-state index in [1.54, 1.807) is 6.07 Å². The lowest BCUT2D eigenvalue weighted by Crippen LogP contribution is -2.58. The number of hydrogen-bond donors (Lipinski definition) is 0. The number of rotatable bonds is 8. The van der Waals surface area contributed by atoms with E-state index < -0.39 is 0 Å². The van der Waals surface area contributed by atoms with E-state index in [0.29, 0.717) is 35.2 Å². The largest absolute Gasteiger partial charge is 0.486 e. The maximum Gasteiger partial charge on any atom is 0.344 e. The van der Waals surface area contributed by atoms with Gasteiger partial charge in [0.25, 0.3) is 0 Å². The Balaban J connectivity index is 0.934. The Hall–Kier alpha value is -2.04. The minimum absolute atomic E-state index is 0.103. The fourth-order valence-corrected chi connectivity index (χ4v) is 10.3. The second-order valence-electron chi connectivity index (χ2n) is 14.0. The Morgan fingerprint density at radius 3 is 1.68 bits per heavy atom. The minimum Gasteiger partial charge on any atom is -0.486 e. The van der Waals surface area contributed by atoms with Gasteiger partial charge >= 0.3 is 5.97 Å². The number of hydrogen-bond acceptors (Lipinski definition) is 5. The summed E-state index contributed by atoms with van der Waals surface area (Å²) in [5.74, 6) is 6.55. The third-order valence-corrected chi connectivity index (χ3v) is 12.1. The van der Waals surface area contributed by atoms with Gasteiger partial charge in [-0.3, -0.25) is 4.79 Å². The first kappa shape index (κ1) is 24.0. The Kier molecular flexibility index (Phi) is 5.68. The van der Waals surface area contributed by atoms with Crippen molar-refractivity contribution in [3.63, 3.8) is 0 Å². The summed E-state index contributed by atoms with van der Waals surface area (Å²) in [5.41, 5.74) is -0.577. The molecular weight excluding hydrogens is 464 g/mol. The van der Waals surface area contributed by atoms with E-state index in [1.165, 1.54) is 64.2 Å². The van der Waals surface area contributed by atoms with E-state index in [9.17, 15) is 9.59 Å². The fourth-order valence-electron chi connectivity index (χ4n) is 10.3. The quantitative estimate of drug-likeness (QED) is 0.391. The molecule has 5 heteroatoms. The summed E-state index contributed by atoms with van der Waals surface area (Å²) in [5, 5.41) is 0. The first-order valence-corrected chi connectivity index (χ1v) is 14.9. The van der Waals surface area contributed by atoms with Crippen molar-refractivity contribution in [2.75, 3.05) is 13.2 Å². The van der Waals surface area contributed by atoms with Crippen LogP contribution in [0.5, 0.6) is 11.5 Å². The summed E-state index contributed by atoms with van der Waals surface area (Å²) in [6.45, 7) is 4.37. The number of Topliss-reactive ketones (excluding diaryl/α,β-unsaturated/α-hetero) is 1. The molecule has 0 unspecified atom stereocenters. The van der Waals surface area contributed by atoms with E-state index >= 15 is 0 Å². The number of benzene rings is 1. The standard InChI is InChI=1S/C32H42O5/c1-31(23-8-19-6-20(10-23)11-24(31)9-19)29(33)17-35-27-4-3-5-28(16-27)36-18-30(34)37-32(2)25-12-21-7-22(14-25)15-26(32)13-21/h3-5,16,19-26H,6-15,17-18H2,1-2H3. The zero-order valence-corrected chi connectivity index (χ0v) is 22.5. The van der Waals surface area contributed by atoms with Crippen LogP contribution in [-0.2, 0) is 14.3 Å². The molecule has 8 aliphatic rings. The molecule has 0 atom stereocenters.